The average molecular weight is 264 g/mol. The van der Waals surface area contributed by atoms with Crippen molar-refractivity contribution in [3.63, 3.8) is 0 Å². The van der Waals surface area contributed by atoms with Crippen LogP contribution in [-0.2, 0) is 0 Å². The van der Waals surface area contributed by atoms with Gasteiger partial charge in [0.2, 0.25) is 11.8 Å². The Labute approximate surface area is 118 Å². The lowest BCUT2D eigenvalue weighted by molar-refractivity contribution is 0.481. The van der Waals surface area contributed by atoms with Crippen molar-refractivity contribution >= 4 is 0 Å². The minimum atomic E-state index is 0.250. The highest BCUT2D eigenvalue weighted by Gasteiger charge is 2.11. The molecule has 3 nitrogen and oxygen atoms in total. The molecule has 0 radical (unpaired) electrons. The van der Waals surface area contributed by atoms with Crippen LogP contribution in [0.25, 0.3) is 22.6 Å². The van der Waals surface area contributed by atoms with E-state index < -0.39 is 0 Å². The lowest BCUT2D eigenvalue weighted by Crippen LogP contribution is -1.85. The maximum Gasteiger partial charge on any atom is 0.247 e. The SMILES string of the molecule is CC(C)c1nnc(-c2ccc(-c3ccccc3)cc2)o1. The summed E-state index contributed by atoms with van der Waals surface area (Å²) in [6, 6.07) is 18.5. The van der Waals surface area contributed by atoms with Crippen LogP contribution in [0.4, 0.5) is 0 Å². The zero-order valence-corrected chi connectivity index (χ0v) is 11.6. The van der Waals surface area contributed by atoms with Crippen LogP contribution in [0.15, 0.2) is 59.0 Å². The molecular weight excluding hydrogens is 248 g/mol. The first kappa shape index (κ1) is 12.6. The summed E-state index contributed by atoms with van der Waals surface area (Å²) in [7, 11) is 0. The van der Waals surface area contributed by atoms with Gasteiger partial charge in [0.15, 0.2) is 0 Å². The summed E-state index contributed by atoms with van der Waals surface area (Å²) in [5, 5.41) is 8.15. The van der Waals surface area contributed by atoms with Gasteiger partial charge < -0.3 is 4.42 Å². The third-order valence-corrected chi connectivity index (χ3v) is 3.17. The Morgan fingerprint density at radius 1 is 0.750 bits per heavy atom. The Bertz CT molecular complexity index is 685. The van der Waals surface area contributed by atoms with Crippen molar-refractivity contribution in [2.75, 3.05) is 0 Å². The number of benzene rings is 2. The van der Waals surface area contributed by atoms with Crippen molar-refractivity contribution in [2.45, 2.75) is 19.8 Å². The lowest BCUT2D eigenvalue weighted by atomic mass is 10.0. The summed E-state index contributed by atoms with van der Waals surface area (Å²) in [6.07, 6.45) is 0. The van der Waals surface area contributed by atoms with Gasteiger partial charge in [-0.3, -0.25) is 0 Å². The van der Waals surface area contributed by atoms with E-state index in [1.807, 2.05) is 44.2 Å². The van der Waals surface area contributed by atoms with Gasteiger partial charge in [-0.15, -0.1) is 10.2 Å². The van der Waals surface area contributed by atoms with Crippen molar-refractivity contribution in [1.29, 1.82) is 0 Å². The predicted octanol–water partition coefficient (Wildman–Crippen LogP) is 4.53. The number of hydrogen-bond donors (Lipinski definition) is 0. The van der Waals surface area contributed by atoms with E-state index in [1.54, 1.807) is 0 Å². The highest BCUT2D eigenvalue weighted by Crippen LogP contribution is 2.25. The van der Waals surface area contributed by atoms with Crippen molar-refractivity contribution in [1.82, 2.24) is 10.2 Å². The molecule has 3 aromatic rings. The van der Waals surface area contributed by atoms with Gasteiger partial charge in [0.05, 0.1) is 0 Å². The summed E-state index contributed by atoms with van der Waals surface area (Å²) in [4.78, 5) is 0. The molecule has 100 valence electrons. The summed E-state index contributed by atoms with van der Waals surface area (Å²) in [6.45, 7) is 4.07. The molecule has 1 aromatic heterocycles. The fourth-order valence-corrected chi connectivity index (χ4v) is 2.02. The molecule has 20 heavy (non-hydrogen) atoms. The maximum absolute atomic E-state index is 5.65. The first-order chi connectivity index (χ1) is 9.74. The van der Waals surface area contributed by atoms with E-state index in [4.69, 9.17) is 4.42 Å². The van der Waals surface area contributed by atoms with Crippen LogP contribution in [0, 0.1) is 0 Å². The first-order valence-corrected chi connectivity index (χ1v) is 6.73. The van der Waals surface area contributed by atoms with E-state index in [1.165, 1.54) is 11.1 Å². The molecule has 0 atom stereocenters. The van der Waals surface area contributed by atoms with E-state index in [0.717, 1.165) is 5.56 Å². The average Bonchev–Trinajstić information content (AvgIpc) is 2.98. The van der Waals surface area contributed by atoms with Gasteiger partial charge in [0.25, 0.3) is 0 Å². The fourth-order valence-electron chi connectivity index (χ4n) is 2.02. The predicted molar refractivity (Wildman–Crippen MR) is 79.3 cm³/mol. The van der Waals surface area contributed by atoms with Crippen LogP contribution < -0.4 is 0 Å². The monoisotopic (exact) mass is 264 g/mol. The van der Waals surface area contributed by atoms with Gasteiger partial charge in [-0.1, -0.05) is 56.3 Å². The second kappa shape index (κ2) is 5.29. The third-order valence-electron chi connectivity index (χ3n) is 3.17. The molecule has 3 rings (SSSR count). The number of aromatic nitrogens is 2. The second-order valence-electron chi connectivity index (χ2n) is 5.04. The molecule has 0 fully saturated rings. The molecule has 0 aliphatic rings. The van der Waals surface area contributed by atoms with Gasteiger partial charge >= 0.3 is 0 Å². The Hall–Kier alpha value is -2.42. The summed E-state index contributed by atoms with van der Waals surface area (Å²) < 4.78 is 5.65. The van der Waals surface area contributed by atoms with Crippen LogP contribution in [-0.4, -0.2) is 10.2 Å². The summed E-state index contributed by atoms with van der Waals surface area (Å²) >= 11 is 0. The molecule has 0 saturated carbocycles. The van der Waals surface area contributed by atoms with E-state index in [-0.39, 0.29) is 5.92 Å². The molecule has 0 N–H and O–H groups in total. The Morgan fingerprint density at radius 2 is 1.35 bits per heavy atom. The number of nitrogens with zero attached hydrogens (tertiary/aromatic N) is 2. The standard InChI is InChI=1S/C17H16N2O/c1-12(2)16-18-19-17(20-16)15-10-8-14(9-11-15)13-6-4-3-5-7-13/h3-12H,1-2H3. The van der Waals surface area contributed by atoms with Crippen LogP contribution in [0.3, 0.4) is 0 Å². The third kappa shape index (κ3) is 2.48. The Kier molecular flexibility index (Phi) is 3.33. The minimum absolute atomic E-state index is 0.250. The van der Waals surface area contributed by atoms with E-state index in [2.05, 4.69) is 34.5 Å². The van der Waals surface area contributed by atoms with Crippen LogP contribution in [0.5, 0.6) is 0 Å². The van der Waals surface area contributed by atoms with Crippen LogP contribution in [0.1, 0.15) is 25.7 Å². The van der Waals surface area contributed by atoms with Crippen LogP contribution in [0.2, 0.25) is 0 Å². The first-order valence-electron chi connectivity index (χ1n) is 6.73. The molecule has 0 saturated heterocycles. The molecule has 0 bridgehead atoms. The van der Waals surface area contributed by atoms with Gasteiger partial charge in [0, 0.05) is 11.5 Å². The van der Waals surface area contributed by atoms with Crippen LogP contribution >= 0.6 is 0 Å². The van der Waals surface area contributed by atoms with Gasteiger partial charge in [-0.05, 0) is 23.3 Å². The zero-order chi connectivity index (χ0) is 13.9. The smallest absolute Gasteiger partial charge is 0.247 e. The molecular formula is C17H16N2O. The van der Waals surface area contributed by atoms with Gasteiger partial charge in [0.1, 0.15) is 0 Å². The van der Waals surface area contributed by atoms with Crippen molar-refractivity contribution in [2.24, 2.45) is 0 Å². The molecule has 2 aromatic carbocycles. The molecule has 0 aliphatic heterocycles. The number of hydrogen-bond acceptors (Lipinski definition) is 3. The molecule has 3 heteroatoms. The van der Waals surface area contributed by atoms with E-state index in [0.29, 0.717) is 11.8 Å². The van der Waals surface area contributed by atoms with Crippen molar-refractivity contribution < 1.29 is 4.42 Å². The highest BCUT2D eigenvalue weighted by molar-refractivity contribution is 5.67. The maximum atomic E-state index is 5.65. The molecule has 0 amide bonds. The van der Waals surface area contributed by atoms with E-state index in [9.17, 15) is 0 Å². The van der Waals surface area contributed by atoms with Gasteiger partial charge in [-0.2, -0.15) is 0 Å². The fraction of sp³-hybridized carbons (Fsp3) is 0.176. The molecule has 0 aliphatic carbocycles. The van der Waals surface area contributed by atoms with Crippen molar-refractivity contribution in [3.8, 4) is 22.6 Å². The number of rotatable bonds is 3. The highest BCUT2D eigenvalue weighted by atomic mass is 16.4. The molecule has 0 unspecified atom stereocenters. The lowest BCUT2D eigenvalue weighted by Gasteiger charge is -2.02. The zero-order valence-electron chi connectivity index (χ0n) is 11.6. The Morgan fingerprint density at radius 3 is 1.95 bits per heavy atom. The summed E-state index contributed by atoms with van der Waals surface area (Å²) in [5.74, 6) is 1.50. The van der Waals surface area contributed by atoms with E-state index >= 15 is 0 Å². The minimum Gasteiger partial charge on any atom is -0.420 e. The molecule has 1 heterocycles. The molecule has 0 spiro atoms. The topological polar surface area (TPSA) is 38.9 Å². The van der Waals surface area contributed by atoms with Gasteiger partial charge in [-0.25, -0.2) is 0 Å². The second-order valence-corrected chi connectivity index (χ2v) is 5.04. The normalized spacial score (nSPS) is 10.9. The largest absolute Gasteiger partial charge is 0.420 e. The van der Waals surface area contributed by atoms with Crippen molar-refractivity contribution in [3.05, 3.63) is 60.5 Å². The Balaban J connectivity index is 1.89. The quantitative estimate of drug-likeness (QED) is 0.697. The summed E-state index contributed by atoms with van der Waals surface area (Å²) in [5.41, 5.74) is 3.33.